The van der Waals surface area contributed by atoms with Crippen LogP contribution < -0.4 is 0 Å². The van der Waals surface area contributed by atoms with Gasteiger partial charge in [-0.1, -0.05) is 0 Å². The Morgan fingerprint density at radius 1 is 1.47 bits per heavy atom. The van der Waals surface area contributed by atoms with Crippen LogP contribution in [0.15, 0.2) is 24.7 Å². The molecule has 6 heteroatoms. The maximum atomic E-state index is 12.0. The van der Waals surface area contributed by atoms with Gasteiger partial charge in [0.05, 0.1) is 0 Å². The first-order valence-electron chi connectivity index (χ1n) is 5.05. The predicted octanol–water partition coefficient (Wildman–Crippen LogP) is 1.18. The van der Waals surface area contributed by atoms with E-state index in [4.69, 9.17) is 0 Å². The molecule has 0 bridgehead atoms. The predicted molar refractivity (Wildman–Crippen MR) is 64.7 cm³/mol. The third-order valence-corrected chi connectivity index (χ3v) is 4.26. The van der Waals surface area contributed by atoms with Gasteiger partial charge in [-0.15, -0.1) is 0 Å². The van der Waals surface area contributed by atoms with Crippen molar-refractivity contribution in [1.29, 1.82) is 0 Å². The summed E-state index contributed by atoms with van der Waals surface area (Å²) in [5.74, 6) is -0.410. The number of nitrogens with zero attached hydrogens (tertiary/aromatic N) is 1. The van der Waals surface area contributed by atoms with Crippen LogP contribution in [0.2, 0.25) is 0 Å². The van der Waals surface area contributed by atoms with E-state index in [0.29, 0.717) is 10.9 Å². The second-order valence-corrected chi connectivity index (χ2v) is 6.33. The molecular weight excluding hydrogens is 240 g/mol. The Morgan fingerprint density at radius 2 is 2.18 bits per heavy atom. The minimum absolute atomic E-state index is 0.367. The molecule has 0 saturated heterocycles. The standard InChI is InChI=1S/C11H12N2O3S/c1-7(17(2,15)16)11(14)9-6-13-10-3-4-12-5-8(9)10/h3-7,13H,1-2H3. The van der Waals surface area contributed by atoms with Gasteiger partial charge in [0, 0.05) is 41.3 Å². The summed E-state index contributed by atoms with van der Waals surface area (Å²) in [4.78, 5) is 18.9. The summed E-state index contributed by atoms with van der Waals surface area (Å²) in [6, 6.07) is 1.73. The minimum Gasteiger partial charge on any atom is -0.360 e. The summed E-state index contributed by atoms with van der Waals surface area (Å²) in [5.41, 5.74) is 1.13. The zero-order valence-corrected chi connectivity index (χ0v) is 10.3. The molecule has 5 nitrogen and oxygen atoms in total. The number of hydrogen-bond donors (Lipinski definition) is 1. The van der Waals surface area contributed by atoms with Crippen LogP contribution in [0, 0.1) is 0 Å². The van der Waals surface area contributed by atoms with Crippen molar-refractivity contribution < 1.29 is 13.2 Å². The zero-order chi connectivity index (χ0) is 12.6. The summed E-state index contributed by atoms with van der Waals surface area (Å²) in [7, 11) is -3.38. The Labute approximate surface area is 98.8 Å². The highest BCUT2D eigenvalue weighted by Crippen LogP contribution is 2.19. The molecule has 0 saturated carbocycles. The van der Waals surface area contributed by atoms with Crippen molar-refractivity contribution in [3.8, 4) is 0 Å². The lowest BCUT2D eigenvalue weighted by Crippen LogP contribution is -2.26. The first-order valence-corrected chi connectivity index (χ1v) is 7.01. The van der Waals surface area contributed by atoms with Crippen molar-refractivity contribution in [3.63, 3.8) is 0 Å². The monoisotopic (exact) mass is 252 g/mol. The van der Waals surface area contributed by atoms with Crippen LogP contribution in [0.5, 0.6) is 0 Å². The molecule has 0 radical (unpaired) electrons. The number of aromatic amines is 1. The van der Waals surface area contributed by atoms with E-state index in [1.807, 2.05) is 0 Å². The molecule has 0 spiro atoms. The summed E-state index contributed by atoms with van der Waals surface area (Å²) in [6.45, 7) is 1.40. The highest BCUT2D eigenvalue weighted by Gasteiger charge is 2.26. The van der Waals surface area contributed by atoms with Crippen LogP contribution in [-0.4, -0.2) is 35.7 Å². The van der Waals surface area contributed by atoms with Crippen molar-refractivity contribution >= 4 is 26.5 Å². The van der Waals surface area contributed by atoms with Crippen molar-refractivity contribution in [2.75, 3.05) is 6.26 Å². The topological polar surface area (TPSA) is 79.9 Å². The SMILES string of the molecule is CC(C(=O)c1c[nH]c2ccncc12)S(C)(=O)=O. The van der Waals surface area contributed by atoms with E-state index in [-0.39, 0.29) is 0 Å². The third-order valence-electron chi connectivity index (χ3n) is 2.76. The molecule has 0 aliphatic carbocycles. The highest BCUT2D eigenvalue weighted by molar-refractivity contribution is 7.92. The van der Waals surface area contributed by atoms with Gasteiger partial charge in [0.1, 0.15) is 5.25 Å². The number of rotatable bonds is 3. The molecule has 90 valence electrons. The van der Waals surface area contributed by atoms with E-state index >= 15 is 0 Å². The number of carbonyl (C=O) groups excluding carboxylic acids is 1. The van der Waals surface area contributed by atoms with Crippen molar-refractivity contribution in [2.45, 2.75) is 12.2 Å². The van der Waals surface area contributed by atoms with Crippen LogP contribution in [-0.2, 0) is 9.84 Å². The number of ketones is 1. The van der Waals surface area contributed by atoms with Crippen LogP contribution >= 0.6 is 0 Å². The lowest BCUT2D eigenvalue weighted by molar-refractivity contribution is 0.0993. The van der Waals surface area contributed by atoms with Crippen LogP contribution in [0.25, 0.3) is 10.9 Å². The third kappa shape index (κ3) is 2.08. The van der Waals surface area contributed by atoms with Gasteiger partial charge in [-0.05, 0) is 13.0 Å². The number of carbonyl (C=O) groups is 1. The molecule has 1 atom stereocenters. The largest absolute Gasteiger partial charge is 0.360 e. The van der Waals surface area contributed by atoms with Gasteiger partial charge >= 0.3 is 0 Å². The lowest BCUT2D eigenvalue weighted by Gasteiger charge is -2.06. The molecule has 0 fully saturated rings. The number of sulfone groups is 1. The Morgan fingerprint density at radius 3 is 2.82 bits per heavy atom. The fourth-order valence-electron chi connectivity index (χ4n) is 1.58. The van der Waals surface area contributed by atoms with Gasteiger partial charge in [-0.2, -0.15) is 0 Å². The fourth-order valence-corrected chi connectivity index (χ4v) is 2.10. The van der Waals surface area contributed by atoms with E-state index in [2.05, 4.69) is 9.97 Å². The second-order valence-electron chi connectivity index (χ2n) is 3.96. The van der Waals surface area contributed by atoms with Crippen molar-refractivity contribution in [2.24, 2.45) is 0 Å². The van der Waals surface area contributed by atoms with Gasteiger partial charge < -0.3 is 4.98 Å². The summed E-state index contributed by atoms with van der Waals surface area (Å²) in [5, 5.41) is -0.394. The average Bonchev–Trinajstić information content (AvgIpc) is 2.69. The first-order chi connectivity index (χ1) is 7.91. The van der Waals surface area contributed by atoms with Crippen molar-refractivity contribution in [3.05, 3.63) is 30.2 Å². The molecule has 2 aromatic rings. The van der Waals surface area contributed by atoms with Gasteiger partial charge in [0.25, 0.3) is 0 Å². The number of fused-ring (bicyclic) bond motifs is 1. The zero-order valence-electron chi connectivity index (χ0n) is 9.47. The van der Waals surface area contributed by atoms with Gasteiger partial charge in [-0.25, -0.2) is 8.42 Å². The molecule has 0 aliphatic rings. The summed E-state index contributed by atoms with van der Waals surface area (Å²) < 4.78 is 22.7. The Balaban J connectivity index is 2.51. The normalized spacial score (nSPS) is 13.8. The molecule has 0 aromatic carbocycles. The van der Waals surface area contributed by atoms with Gasteiger partial charge in [0.15, 0.2) is 15.6 Å². The van der Waals surface area contributed by atoms with Crippen LogP contribution in [0.3, 0.4) is 0 Å². The van der Waals surface area contributed by atoms with E-state index in [0.717, 1.165) is 11.8 Å². The lowest BCUT2D eigenvalue weighted by atomic mass is 10.1. The molecule has 2 heterocycles. The highest BCUT2D eigenvalue weighted by atomic mass is 32.2. The molecule has 17 heavy (non-hydrogen) atoms. The number of nitrogens with one attached hydrogen (secondary N) is 1. The van der Waals surface area contributed by atoms with E-state index < -0.39 is 20.9 Å². The average molecular weight is 252 g/mol. The molecule has 2 aromatic heterocycles. The number of Topliss-reactive ketones (excluding diaryl/α,β-unsaturated/α-hetero) is 1. The van der Waals surface area contributed by atoms with Crippen molar-refractivity contribution in [1.82, 2.24) is 9.97 Å². The number of hydrogen-bond acceptors (Lipinski definition) is 4. The number of aromatic nitrogens is 2. The van der Waals surface area contributed by atoms with E-state index in [9.17, 15) is 13.2 Å². The van der Waals surface area contributed by atoms with E-state index in [1.54, 1.807) is 18.5 Å². The number of pyridine rings is 1. The minimum atomic E-state index is -3.38. The molecule has 0 aliphatic heterocycles. The first kappa shape index (κ1) is 11.8. The Bertz CT molecular complexity index is 673. The number of H-pyrrole nitrogens is 1. The maximum Gasteiger partial charge on any atom is 0.182 e. The quantitative estimate of drug-likeness (QED) is 0.832. The molecule has 1 N–H and O–H groups in total. The summed E-state index contributed by atoms with van der Waals surface area (Å²) >= 11 is 0. The molecule has 0 amide bonds. The molecular formula is C11H12N2O3S. The maximum absolute atomic E-state index is 12.0. The van der Waals surface area contributed by atoms with Crippen LogP contribution in [0.1, 0.15) is 17.3 Å². The van der Waals surface area contributed by atoms with Gasteiger partial charge in [0.2, 0.25) is 0 Å². The van der Waals surface area contributed by atoms with Gasteiger partial charge in [-0.3, -0.25) is 9.78 Å². The Hall–Kier alpha value is -1.69. The fraction of sp³-hybridized carbons (Fsp3) is 0.273. The smallest absolute Gasteiger partial charge is 0.182 e. The second kappa shape index (κ2) is 3.96. The molecule has 2 rings (SSSR count). The molecule has 1 unspecified atom stereocenters. The Kier molecular flexibility index (Phi) is 2.74. The van der Waals surface area contributed by atoms with E-state index in [1.165, 1.54) is 13.1 Å². The van der Waals surface area contributed by atoms with Crippen LogP contribution in [0.4, 0.5) is 0 Å². The summed E-state index contributed by atoms with van der Waals surface area (Å²) in [6.07, 6.45) is 5.74.